The quantitative estimate of drug-likeness (QED) is 0.865. The number of carbonyl (C=O) groups excluding carboxylic acids is 1. The molecule has 0 aliphatic heterocycles. The van der Waals surface area contributed by atoms with E-state index in [4.69, 9.17) is 5.73 Å². The second-order valence-electron chi connectivity index (χ2n) is 6.60. The van der Waals surface area contributed by atoms with Gasteiger partial charge in [-0.05, 0) is 25.0 Å². The van der Waals surface area contributed by atoms with Crippen LogP contribution in [0.2, 0.25) is 0 Å². The number of aromatic nitrogens is 2. The lowest BCUT2D eigenvalue weighted by Gasteiger charge is -2.33. The first-order valence-electron chi connectivity index (χ1n) is 8.35. The van der Waals surface area contributed by atoms with Gasteiger partial charge in [-0.15, -0.1) is 0 Å². The number of rotatable bonds is 4. The van der Waals surface area contributed by atoms with E-state index in [9.17, 15) is 18.0 Å². The van der Waals surface area contributed by atoms with Crippen molar-refractivity contribution in [3.8, 4) is 11.4 Å². The number of alkyl halides is 3. The van der Waals surface area contributed by atoms with Gasteiger partial charge in [0.1, 0.15) is 0 Å². The van der Waals surface area contributed by atoms with E-state index in [0.29, 0.717) is 17.7 Å². The maximum absolute atomic E-state index is 12.5. The Morgan fingerprint density at radius 3 is 2.42 bits per heavy atom. The molecule has 0 atom stereocenters. The van der Waals surface area contributed by atoms with Crippen LogP contribution in [0.1, 0.15) is 48.4 Å². The highest BCUT2D eigenvalue weighted by Gasteiger charge is 2.38. The van der Waals surface area contributed by atoms with Crippen molar-refractivity contribution >= 4 is 5.91 Å². The van der Waals surface area contributed by atoms with Crippen LogP contribution in [0.3, 0.4) is 0 Å². The molecule has 1 aliphatic carbocycles. The fraction of sp³-hybridized carbons (Fsp3) is 0.471. The lowest BCUT2D eigenvalue weighted by atomic mass is 9.82. The van der Waals surface area contributed by atoms with Crippen molar-refractivity contribution in [2.45, 2.75) is 43.8 Å². The first-order chi connectivity index (χ1) is 12.3. The van der Waals surface area contributed by atoms with Gasteiger partial charge in [0.2, 0.25) is 5.82 Å². The predicted octanol–water partition coefficient (Wildman–Crippen LogP) is 3.15. The Hall–Kier alpha value is -2.42. The Labute approximate surface area is 148 Å². The highest BCUT2D eigenvalue weighted by molar-refractivity contribution is 5.94. The van der Waals surface area contributed by atoms with E-state index >= 15 is 0 Å². The maximum atomic E-state index is 12.5. The molecule has 2 aromatic rings. The molecule has 1 saturated carbocycles. The van der Waals surface area contributed by atoms with Crippen molar-refractivity contribution < 1.29 is 22.5 Å². The number of carbonyl (C=O) groups is 1. The summed E-state index contributed by atoms with van der Waals surface area (Å²) in [5.74, 6) is -1.88. The van der Waals surface area contributed by atoms with Gasteiger partial charge in [0, 0.05) is 23.2 Å². The number of nitrogens with one attached hydrogen (secondary N) is 1. The van der Waals surface area contributed by atoms with Crippen LogP contribution >= 0.6 is 0 Å². The lowest BCUT2D eigenvalue weighted by Crippen LogP contribution is -2.51. The fourth-order valence-corrected chi connectivity index (χ4v) is 3.02. The Kier molecular flexibility index (Phi) is 4.99. The number of amides is 1. The maximum Gasteiger partial charge on any atom is 0.471 e. The number of hydrogen-bond acceptors (Lipinski definition) is 5. The molecule has 1 amide bonds. The molecule has 140 valence electrons. The zero-order valence-corrected chi connectivity index (χ0v) is 14.0. The Balaban J connectivity index is 1.63. The summed E-state index contributed by atoms with van der Waals surface area (Å²) < 4.78 is 41.7. The van der Waals surface area contributed by atoms with Crippen LogP contribution in [0.15, 0.2) is 28.8 Å². The zero-order chi connectivity index (χ0) is 18.8. The van der Waals surface area contributed by atoms with Crippen molar-refractivity contribution in [3.63, 3.8) is 0 Å². The fourth-order valence-electron chi connectivity index (χ4n) is 3.02. The Bertz CT molecular complexity index is 765. The summed E-state index contributed by atoms with van der Waals surface area (Å²) >= 11 is 0. The van der Waals surface area contributed by atoms with E-state index < -0.39 is 12.1 Å². The number of halogens is 3. The molecule has 9 heteroatoms. The molecule has 26 heavy (non-hydrogen) atoms. The molecular weight excluding hydrogens is 349 g/mol. The van der Waals surface area contributed by atoms with Gasteiger partial charge in [0.15, 0.2) is 0 Å². The van der Waals surface area contributed by atoms with Gasteiger partial charge in [0.25, 0.3) is 5.91 Å². The van der Waals surface area contributed by atoms with Gasteiger partial charge >= 0.3 is 12.1 Å². The normalized spacial score (nSPS) is 17.1. The van der Waals surface area contributed by atoms with Crippen molar-refractivity contribution in [3.05, 3.63) is 35.7 Å². The minimum atomic E-state index is -4.69. The molecule has 3 rings (SSSR count). The van der Waals surface area contributed by atoms with Crippen LogP contribution in [0.25, 0.3) is 11.4 Å². The summed E-state index contributed by atoms with van der Waals surface area (Å²) in [6.45, 7) is 0.396. The zero-order valence-electron chi connectivity index (χ0n) is 14.0. The molecule has 1 aromatic heterocycles. The number of nitrogens with two attached hydrogens (primary N) is 1. The topological polar surface area (TPSA) is 94.0 Å². The van der Waals surface area contributed by atoms with Crippen LogP contribution < -0.4 is 11.1 Å². The average molecular weight is 368 g/mol. The summed E-state index contributed by atoms with van der Waals surface area (Å²) in [7, 11) is 0. The first-order valence-corrected chi connectivity index (χ1v) is 8.35. The molecular formula is C17H19F3N4O2. The summed E-state index contributed by atoms with van der Waals surface area (Å²) in [5.41, 5.74) is 6.63. The molecule has 0 spiro atoms. The van der Waals surface area contributed by atoms with E-state index in [-0.39, 0.29) is 17.3 Å². The standard InChI is InChI=1S/C17H19F3N4O2/c18-17(19,20)15-23-13(24-26-15)11-4-6-12(7-5-11)14(25)22-10-16(21)8-2-1-3-9-16/h4-7H,1-3,8-10,21H2,(H,22,25). The highest BCUT2D eigenvalue weighted by Crippen LogP contribution is 2.29. The van der Waals surface area contributed by atoms with E-state index in [0.717, 1.165) is 25.7 Å². The largest absolute Gasteiger partial charge is 0.471 e. The summed E-state index contributed by atoms with van der Waals surface area (Å²) in [6, 6.07) is 5.94. The van der Waals surface area contributed by atoms with E-state index in [1.54, 1.807) is 0 Å². The average Bonchev–Trinajstić information content (AvgIpc) is 3.11. The monoisotopic (exact) mass is 368 g/mol. The molecule has 1 aromatic carbocycles. The van der Waals surface area contributed by atoms with Crippen LogP contribution in [-0.4, -0.2) is 28.1 Å². The third-order valence-corrected chi connectivity index (χ3v) is 4.52. The highest BCUT2D eigenvalue weighted by atomic mass is 19.4. The molecule has 0 saturated heterocycles. The van der Waals surface area contributed by atoms with Crippen LogP contribution in [0.4, 0.5) is 13.2 Å². The third-order valence-electron chi connectivity index (χ3n) is 4.52. The first kappa shape index (κ1) is 18.4. The minimum absolute atomic E-state index is 0.188. The molecule has 1 fully saturated rings. The second-order valence-corrected chi connectivity index (χ2v) is 6.60. The van der Waals surface area contributed by atoms with Gasteiger partial charge in [-0.2, -0.15) is 18.2 Å². The predicted molar refractivity (Wildman–Crippen MR) is 87.1 cm³/mol. The lowest BCUT2D eigenvalue weighted by molar-refractivity contribution is -0.159. The number of hydrogen-bond donors (Lipinski definition) is 2. The molecule has 3 N–H and O–H groups in total. The van der Waals surface area contributed by atoms with Gasteiger partial charge in [-0.3, -0.25) is 4.79 Å². The number of nitrogens with zero attached hydrogens (tertiary/aromatic N) is 2. The third kappa shape index (κ3) is 4.21. The van der Waals surface area contributed by atoms with Gasteiger partial charge < -0.3 is 15.6 Å². The van der Waals surface area contributed by atoms with Gasteiger partial charge in [-0.1, -0.05) is 36.6 Å². The Morgan fingerprint density at radius 1 is 1.19 bits per heavy atom. The SMILES string of the molecule is NC1(CNC(=O)c2ccc(-c3noc(C(F)(F)F)n3)cc2)CCCCC1. The van der Waals surface area contributed by atoms with Gasteiger partial charge in [0.05, 0.1) is 0 Å². The minimum Gasteiger partial charge on any atom is -0.350 e. The van der Waals surface area contributed by atoms with E-state index in [1.165, 1.54) is 30.7 Å². The van der Waals surface area contributed by atoms with Crippen molar-refractivity contribution in [2.24, 2.45) is 5.73 Å². The van der Waals surface area contributed by atoms with Crippen molar-refractivity contribution in [1.29, 1.82) is 0 Å². The van der Waals surface area contributed by atoms with E-state index in [1.807, 2.05) is 0 Å². The van der Waals surface area contributed by atoms with Crippen molar-refractivity contribution in [1.82, 2.24) is 15.5 Å². The summed E-state index contributed by atoms with van der Waals surface area (Å²) in [6.07, 6.45) is 0.359. The van der Waals surface area contributed by atoms with E-state index in [2.05, 4.69) is 20.0 Å². The molecule has 1 heterocycles. The van der Waals surface area contributed by atoms with Crippen LogP contribution in [0.5, 0.6) is 0 Å². The van der Waals surface area contributed by atoms with Crippen LogP contribution in [0, 0.1) is 0 Å². The second kappa shape index (κ2) is 7.06. The molecule has 0 unspecified atom stereocenters. The summed E-state index contributed by atoms with van der Waals surface area (Å²) in [5, 5.41) is 6.14. The van der Waals surface area contributed by atoms with Crippen LogP contribution in [-0.2, 0) is 6.18 Å². The molecule has 0 bridgehead atoms. The molecule has 6 nitrogen and oxygen atoms in total. The van der Waals surface area contributed by atoms with Crippen molar-refractivity contribution in [2.75, 3.05) is 6.54 Å². The summed E-state index contributed by atoms with van der Waals surface area (Å²) in [4.78, 5) is 15.6. The molecule has 0 radical (unpaired) electrons. The Morgan fingerprint density at radius 2 is 1.85 bits per heavy atom. The number of benzene rings is 1. The van der Waals surface area contributed by atoms with Gasteiger partial charge in [-0.25, -0.2) is 0 Å². The molecule has 1 aliphatic rings. The smallest absolute Gasteiger partial charge is 0.350 e.